The van der Waals surface area contributed by atoms with E-state index in [4.69, 9.17) is 19.3 Å². The minimum atomic E-state index is -0.676. The van der Waals surface area contributed by atoms with Crippen molar-refractivity contribution >= 4 is 56.6 Å². The Balaban J connectivity index is 1.67. The lowest BCUT2D eigenvalue weighted by Gasteiger charge is -2.22. The molecule has 3 heterocycles. The third-order valence-corrected chi connectivity index (χ3v) is 5.34. The van der Waals surface area contributed by atoms with Crippen molar-refractivity contribution in [2.75, 3.05) is 7.11 Å². The first kappa shape index (κ1) is 19.2. The molecular weight excluding hydrogens is 462 g/mol. The molecule has 146 valence electrons. The number of rotatable bonds is 4. The summed E-state index contributed by atoms with van der Waals surface area (Å²) in [5.41, 5.74) is 0.698. The lowest BCUT2D eigenvalue weighted by Crippen LogP contribution is -2.35. The van der Waals surface area contributed by atoms with Crippen LogP contribution in [0.4, 0.5) is 0 Å². The maximum atomic E-state index is 12.3. The SMILES string of the molecule is COc1cc(/C=C2\C(=N)N3C=CSC3=NC2=O)cc(Br)c1OC(=O)c1ccco1. The Morgan fingerprint density at radius 2 is 2.24 bits per heavy atom. The van der Waals surface area contributed by atoms with Crippen molar-refractivity contribution in [1.82, 2.24) is 4.90 Å². The average Bonchev–Trinajstić information content (AvgIpc) is 3.38. The molecular formula is C19H12BrN3O5S. The van der Waals surface area contributed by atoms with E-state index in [9.17, 15) is 9.59 Å². The Bertz CT molecular complexity index is 1120. The second-order valence-corrected chi connectivity index (χ2v) is 7.51. The molecule has 0 fully saturated rings. The number of hydrogen-bond donors (Lipinski definition) is 1. The highest BCUT2D eigenvalue weighted by atomic mass is 79.9. The number of esters is 1. The summed E-state index contributed by atoms with van der Waals surface area (Å²) in [5.74, 6) is -0.659. The number of aliphatic imine (C=N–C) groups is 1. The molecule has 1 aromatic carbocycles. The zero-order chi connectivity index (χ0) is 20.5. The average molecular weight is 474 g/mol. The summed E-state index contributed by atoms with van der Waals surface area (Å²) in [6, 6.07) is 6.31. The normalized spacial score (nSPS) is 16.8. The maximum absolute atomic E-state index is 12.3. The molecule has 2 aliphatic heterocycles. The summed E-state index contributed by atoms with van der Waals surface area (Å²) in [7, 11) is 1.43. The first-order valence-corrected chi connectivity index (χ1v) is 9.84. The molecule has 0 radical (unpaired) electrons. The number of hydrogen-bond acceptors (Lipinski definition) is 7. The quantitative estimate of drug-likeness (QED) is 0.405. The molecule has 0 spiro atoms. The van der Waals surface area contributed by atoms with Crippen molar-refractivity contribution in [3.63, 3.8) is 0 Å². The Morgan fingerprint density at radius 1 is 1.41 bits per heavy atom. The van der Waals surface area contributed by atoms with Gasteiger partial charge in [0.15, 0.2) is 16.7 Å². The van der Waals surface area contributed by atoms with Crippen molar-refractivity contribution in [3.8, 4) is 11.5 Å². The lowest BCUT2D eigenvalue weighted by molar-refractivity contribution is -0.114. The van der Waals surface area contributed by atoms with Crippen molar-refractivity contribution in [2.45, 2.75) is 0 Å². The van der Waals surface area contributed by atoms with Crippen molar-refractivity contribution < 1.29 is 23.5 Å². The number of amides is 1. The van der Waals surface area contributed by atoms with Gasteiger partial charge in [-0.05, 0) is 57.2 Å². The van der Waals surface area contributed by atoms with E-state index in [0.717, 1.165) is 0 Å². The molecule has 1 N–H and O–H groups in total. The molecule has 1 aromatic heterocycles. The third-order valence-electron chi connectivity index (χ3n) is 3.99. The number of carbonyl (C=O) groups is 2. The number of furan rings is 1. The van der Waals surface area contributed by atoms with Crippen molar-refractivity contribution in [1.29, 1.82) is 5.41 Å². The van der Waals surface area contributed by atoms with E-state index >= 15 is 0 Å². The summed E-state index contributed by atoms with van der Waals surface area (Å²) in [5, 5.41) is 10.5. The van der Waals surface area contributed by atoms with Gasteiger partial charge in [0.25, 0.3) is 5.91 Å². The van der Waals surface area contributed by atoms with E-state index in [2.05, 4.69) is 20.9 Å². The largest absolute Gasteiger partial charge is 0.493 e. The van der Waals surface area contributed by atoms with Gasteiger partial charge in [0.05, 0.1) is 23.4 Å². The molecule has 0 saturated heterocycles. The van der Waals surface area contributed by atoms with Gasteiger partial charge in [-0.25, -0.2) is 4.79 Å². The standard InChI is InChI=1S/C19H12BrN3O5S/c1-26-14-9-10(7-11-16(21)23-4-6-29-19(23)22-17(11)24)8-12(20)15(14)28-18(25)13-3-2-5-27-13/h2-9,21H,1H3/b11-7+,21-16?. The number of ether oxygens (including phenoxy) is 2. The fraction of sp³-hybridized carbons (Fsp3) is 0.0526. The van der Waals surface area contributed by atoms with Crippen LogP contribution in [0.1, 0.15) is 16.1 Å². The Labute approximate surface area is 177 Å². The van der Waals surface area contributed by atoms with Gasteiger partial charge >= 0.3 is 5.97 Å². The van der Waals surface area contributed by atoms with Gasteiger partial charge in [-0.15, -0.1) is 0 Å². The van der Waals surface area contributed by atoms with Crippen LogP contribution in [-0.2, 0) is 4.79 Å². The lowest BCUT2D eigenvalue weighted by atomic mass is 10.1. The number of methoxy groups -OCH3 is 1. The molecule has 0 saturated carbocycles. The highest BCUT2D eigenvalue weighted by molar-refractivity contribution is 9.10. The number of nitrogens with one attached hydrogen (secondary N) is 1. The number of nitrogens with zero attached hydrogens (tertiary/aromatic N) is 2. The molecule has 10 heteroatoms. The Kier molecular flexibility index (Phi) is 5.12. The predicted molar refractivity (Wildman–Crippen MR) is 111 cm³/mol. The molecule has 8 nitrogen and oxygen atoms in total. The van der Waals surface area contributed by atoms with Gasteiger partial charge in [-0.3, -0.25) is 15.1 Å². The monoisotopic (exact) mass is 473 g/mol. The van der Waals surface area contributed by atoms with Gasteiger partial charge in [-0.1, -0.05) is 11.8 Å². The van der Waals surface area contributed by atoms with E-state index in [0.29, 0.717) is 15.2 Å². The molecule has 0 bridgehead atoms. The van der Waals surface area contributed by atoms with Crippen LogP contribution in [0.25, 0.3) is 6.08 Å². The minimum Gasteiger partial charge on any atom is -0.493 e. The molecule has 4 rings (SSSR count). The van der Waals surface area contributed by atoms with Crippen LogP contribution in [-0.4, -0.2) is 34.9 Å². The van der Waals surface area contributed by atoms with Gasteiger partial charge in [-0.2, -0.15) is 4.99 Å². The highest BCUT2D eigenvalue weighted by Crippen LogP contribution is 2.38. The van der Waals surface area contributed by atoms with Gasteiger partial charge in [0.2, 0.25) is 5.76 Å². The summed E-state index contributed by atoms with van der Waals surface area (Å²) in [6.07, 6.45) is 4.59. The highest BCUT2D eigenvalue weighted by Gasteiger charge is 2.31. The van der Waals surface area contributed by atoms with E-state index in [1.54, 1.807) is 29.8 Å². The van der Waals surface area contributed by atoms with Crippen LogP contribution < -0.4 is 9.47 Å². The zero-order valence-electron chi connectivity index (χ0n) is 14.8. The predicted octanol–water partition coefficient (Wildman–Crippen LogP) is 4.05. The van der Waals surface area contributed by atoms with Crippen LogP contribution >= 0.6 is 27.7 Å². The van der Waals surface area contributed by atoms with Gasteiger partial charge in [0, 0.05) is 6.20 Å². The maximum Gasteiger partial charge on any atom is 0.379 e. The molecule has 2 aromatic rings. The zero-order valence-corrected chi connectivity index (χ0v) is 17.2. The minimum absolute atomic E-state index is 0.0321. The van der Waals surface area contributed by atoms with E-state index in [-0.39, 0.29) is 28.7 Å². The third kappa shape index (κ3) is 3.64. The number of halogens is 1. The smallest absolute Gasteiger partial charge is 0.379 e. The first-order valence-electron chi connectivity index (χ1n) is 8.17. The fourth-order valence-electron chi connectivity index (χ4n) is 2.66. The molecule has 0 aliphatic carbocycles. The molecule has 1 amide bonds. The first-order chi connectivity index (χ1) is 14.0. The van der Waals surface area contributed by atoms with Crippen LogP contribution in [0, 0.1) is 5.41 Å². The number of benzene rings is 1. The van der Waals surface area contributed by atoms with Crippen LogP contribution in [0.5, 0.6) is 11.5 Å². The van der Waals surface area contributed by atoms with E-state index < -0.39 is 11.9 Å². The fourth-order valence-corrected chi connectivity index (χ4v) is 3.90. The number of carbonyl (C=O) groups excluding carboxylic acids is 2. The number of amidine groups is 2. The van der Waals surface area contributed by atoms with Crippen LogP contribution in [0.3, 0.4) is 0 Å². The van der Waals surface area contributed by atoms with Crippen molar-refractivity contribution in [3.05, 3.63) is 63.5 Å². The second kappa shape index (κ2) is 7.72. The number of thioether (sulfide) groups is 1. The summed E-state index contributed by atoms with van der Waals surface area (Å²) >= 11 is 4.64. The molecule has 29 heavy (non-hydrogen) atoms. The van der Waals surface area contributed by atoms with E-state index in [1.165, 1.54) is 42.2 Å². The molecule has 0 atom stereocenters. The molecule has 0 unspecified atom stereocenters. The number of fused-ring (bicyclic) bond motifs is 1. The summed E-state index contributed by atoms with van der Waals surface area (Å²) in [6.45, 7) is 0. The van der Waals surface area contributed by atoms with Gasteiger partial charge in [0.1, 0.15) is 5.84 Å². The topological polar surface area (TPSA) is 105 Å². The van der Waals surface area contributed by atoms with E-state index in [1.807, 2.05) is 0 Å². The second-order valence-electron chi connectivity index (χ2n) is 5.78. The Morgan fingerprint density at radius 3 is 2.97 bits per heavy atom. The summed E-state index contributed by atoms with van der Waals surface area (Å²) in [4.78, 5) is 30.1. The molecule has 2 aliphatic rings. The summed E-state index contributed by atoms with van der Waals surface area (Å²) < 4.78 is 16.2. The van der Waals surface area contributed by atoms with Gasteiger partial charge < -0.3 is 13.9 Å². The van der Waals surface area contributed by atoms with Crippen LogP contribution in [0.15, 0.2) is 61.6 Å². The van der Waals surface area contributed by atoms with Crippen LogP contribution in [0.2, 0.25) is 0 Å². The Hall–Kier alpha value is -3.11. The van der Waals surface area contributed by atoms with Crippen molar-refractivity contribution in [2.24, 2.45) is 4.99 Å².